The molecule has 0 aliphatic carbocycles. The number of hydrogen-bond acceptors (Lipinski definition) is 10. The highest BCUT2D eigenvalue weighted by Crippen LogP contribution is 2.36. The van der Waals surface area contributed by atoms with Gasteiger partial charge in [0.25, 0.3) is 0 Å². The number of carbonyl (C=O) groups is 3. The number of carbonyl (C=O) groups excluding carboxylic acids is 3. The molecule has 9 nitrogen and oxygen atoms in total. The zero-order chi connectivity index (χ0) is 26.7. The Kier molecular flexibility index (Phi) is 7.87. The number of thioether (sulfide) groups is 1. The fourth-order valence-corrected chi connectivity index (χ4v) is 5.51. The number of ether oxygens (including phenoxy) is 4. The Bertz CT molecular complexity index is 1380. The summed E-state index contributed by atoms with van der Waals surface area (Å²) in [5, 5.41) is 0.742. The van der Waals surface area contributed by atoms with E-state index in [0.717, 1.165) is 16.5 Å². The first kappa shape index (κ1) is 26.3. The average Bonchev–Trinajstić information content (AvgIpc) is 2.82. The van der Waals surface area contributed by atoms with Gasteiger partial charge in [0.2, 0.25) is 0 Å². The first-order valence-electron chi connectivity index (χ1n) is 11.6. The van der Waals surface area contributed by atoms with Crippen LogP contribution in [0.4, 0.5) is 0 Å². The van der Waals surface area contributed by atoms with Gasteiger partial charge in [-0.05, 0) is 30.2 Å². The second-order valence-corrected chi connectivity index (χ2v) is 9.66. The van der Waals surface area contributed by atoms with Gasteiger partial charge in [-0.1, -0.05) is 30.3 Å². The van der Waals surface area contributed by atoms with E-state index in [4.69, 9.17) is 23.4 Å². The summed E-state index contributed by atoms with van der Waals surface area (Å²) in [6.07, 6.45) is -2.95. The molecule has 1 fully saturated rings. The van der Waals surface area contributed by atoms with Gasteiger partial charge in [0, 0.05) is 38.0 Å². The molecule has 0 saturated carbocycles. The van der Waals surface area contributed by atoms with Gasteiger partial charge in [-0.2, -0.15) is 0 Å². The van der Waals surface area contributed by atoms with Gasteiger partial charge in [-0.15, -0.1) is 11.8 Å². The fourth-order valence-electron chi connectivity index (χ4n) is 4.29. The van der Waals surface area contributed by atoms with Crippen LogP contribution in [0.15, 0.2) is 57.7 Å². The van der Waals surface area contributed by atoms with Crippen LogP contribution in [-0.2, 0) is 28.6 Å². The third-order valence-corrected chi connectivity index (χ3v) is 6.97. The largest absolute Gasteiger partial charge is 0.476 e. The van der Waals surface area contributed by atoms with Crippen molar-refractivity contribution in [1.29, 1.82) is 0 Å². The summed E-state index contributed by atoms with van der Waals surface area (Å²) < 4.78 is 27.9. The SMILES string of the molecule is CC(=O)O[C@@H]1[C@@H](OC(C)=O)[C@H](OC(C)=O)CS[C@H]1Oc1ccc2c(C)c(-c3ccccc3)c(=O)oc2c1. The molecule has 0 radical (unpaired) electrons. The van der Waals surface area contributed by atoms with E-state index in [1.165, 1.54) is 32.5 Å². The van der Waals surface area contributed by atoms with E-state index in [9.17, 15) is 19.2 Å². The van der Waals surface area contributed by atoms with Gasteiger partial charge in [0.1, 0.15) is 11.3 Å². The molecule has 37 heavy (non-hydrogen) atoms. The van der Waals surface area contributed by atoms with Crippen LogP contribution in [-0.4, -0.2) is 47.4 Å². The van der Waals surface area contributed by atoms with E-state index in [2.05, 4.69) is 0 Å². The number of benzene rings is 2. The molecule has 1 aliphatic heterocycles. The Hall–Kier alpha value is -3.79. The van der Waals surface area contributed by atoms with Gasteiger partial charge < -0.3 is 23.4 Å². The molecule has 2 heterocycles. The maximum Gasteiger partial charge on any atom is 0.344 e. The standard InChI is InChI=1S/C27H26O9S/c1-14-20-11-10-19(12-21(20)36-26(31)23(14)18-8-6-5-7-9-18)35-27-25(34-17(4)30)24(33-16(3)29)22(13-37-27)32-15(2)28/h5-12,22,24-25,27H,13H2,1-4H3/t22-,24+,25-,27-/m1/s1. The van der Waals surface area contributed by atoms with Crippen LogP contribution >= 0.6 is 11.8 Å². The summed E-state index contributed by atoms with van der Waals surface area (Å²) in [4.78, 5) is 48.1. The van der Waals surface area contributed by atoms with E-state index in [1.54, 1.807) is 18.2 Å². The second kappa shape index (κ2) is 11.1. The zero-order valence-electron chi connectivity index (χ0n) is 20.7. The van der Waals surface area contributed by atoms with Crippen LogP contribution in [0, 0.1) is 6.92 Å². The molecule has 0 unspecified atom stereocenters. The third-order valence-electron chi connectivity index (χ3n) is 5.76. The summed E-state index contributed by atoms with van der Waals surface area (Å²) in [5.74, 6) is -1.21. The van der Waals surface area contributed by atoms with Gasteiger partial charge in [0.15, 0.2) is 23.7 Å². The first-order chi connectivity index (χ1) is 17.6. The molecule has 1 saturated heterocycles. The lowest BCUT2D eigenvalue weighted by molar-refractivity contribution is -0.186. The molecular formula is C27H26O9S. The molecule has 1 aromatic heterocycles. The Labute approximate surface area is 217 Å². The van der Waals surface area contributed by atoms with Crippen molar-refractivity contribution in [2.24, 2.45) is 0 Å². The van der Waals surface area contributed by atoms with Crippen LogP contribution < -0.4 is 10.4 Å². The number of hydrogen-bond donors (Lipinski definition) is 0. The molecule has 0 spiro atoms. The van der Waals surface area contributed by atoms with Crippen LogP contribution in [0.25, 0.3) is 22.1 Å². The first-order valence-corrected chi connectivity index (χ1v) is 12.6. The molecule has 0 N–H and O–H groups in total. The normalized spacial score (nSPS) is 21.2. The highest BCUT2D eigenvalue weighted by Gasteiger charge is 2.47. The molecule has 10 heteroatoms. The summed E-state index contributed by atoms with van der Waals surface area (Å²) in [6.45, 7) is 5.53. The molecule has 0 bridgehead atoms. The predicted molar refractivity (Wildman–Crippen MR) is 136 cm³/mol. The monoisotopic (exact) mass is 526 g/mol. The van der Waals surface area contributed by atoms with Crippen molar-refractivity contribution < 1.29 is 37.7 Å². The maximum atomic E-state index is 12.8. The van der Waals surface area contributed by atoms with Crippen molar-refractivity contribution >= 4 is 40.6 Å². The minimum Gasteiger partial charge on any atom is -0.476 e. The van der Waals surface area contributed by atoms with Crippen LogP contribution in [0.5, 0.6) is 5.75 Å². The number of esters is 3. The lowest BCUT2D eigenvalue weighted by Crippen LogP contribution is -2.55. The molecule has 4 atom stereocenters. The maximum absolute atomic E-state index is 12.8. The van der Waals surface area contributed by atoms with Crippen molar-refractivity contribution in [1.82, 2.24) is 0 Å². The number of fused-ring (bicyclic) bond motifs is 1. The van der Waals surface area contributed by atoms with Crippen LogP contribution in [0.1, 0.15) is 26.3 Å². The van der Waals surface area contributed by atoms with E-state index < -0.39 is 47.3 Å². The van der Waals surface area contributed by atoms with E-state index in [-0.39, 0.29) is 5.75 Å². The second-order valence-electron chi connectivity index (χ2n) is 8.53. The lowest BCUT2D eigenvalue weighted by atomic mass is 10.00. The molecule has 2 aromatic carbocycles. The highest BCUT2D eigenvalue weighted by molar-refractivity contribution is 7.99. The van der Waals surface area contributed by atoms with Crippen molar-refractivity contribution in [3.8, 4) is 16.9 Å². The van der Waals surface area contributed by atoms with E-state index in [0.29, 0.717) is 16.9 Å². The topological polar surface area (TPSA) is 118 Å². The Balaban J connectivity index is 1.66. The van der Waals surface area contributed by atoms with Crippen molar-refractivity contribution in [3.63, 3.8) is 0 Å². The molecule has 0 amide bonds. The smallest absolute Gasteiger partial charge is 0.344 e. The van der Waals surface area contributed by atoms with Gasteiger partial charge >= 0.3 is 23.5 Å². The minimum absolute atomic E-state index is 0.238. The summed E-state index contributed by atoms with van der Waals surface area (Å²) in [6, 6.07) is 14.4. The number of rotatable bonds is 6. The summed E-state index contributed by atoms with van der Waals surface area (Å²) in [5.41, 5.74) is 1.08. The lowest BCUT2D eigenvalue weighted by Gasteiger charge is -2.39. The quantitative estimate of drug-likeness (QED) is 0.265. The fraction of sp³-hybridized carbons (Fsp3) is 0.333. The third kappa shape index (κ3) is 5.96. The van der Waals surface area contributed by atoms with Gasteiger partial charge in [-0.3, -0.25) is 14.4 Å². The molecule has 194 valence electrons. The van der Waals surface area contributed by atoms with Crippen LogP contribution in [0.3, 0.4) is 0 Å². The Morgan fingerprint density at radius 2 is 1.54 bits per heavy atom. The molecule has 3 aromatic rings. The van der Waals surface area contributed by atoms with E-state index in [1.807, 2.05) is 37.3 Å². The van der Waals surface area contributed by atoms with Crippen molar-refractivity contribution in [2.45, 2.75) is 51.4 Å². The highest BCUT2D eigenvalue weighted by atomic mass is 32.2. The Morgan fingerprint density at radius 3 is 2.19 bits per heavy atom. The predicted octanol–water partition coefficient (Wildman–Crippen LogP) is 4.02. The van der Waals surface area contributed by atoms with Gasteiger partial charge in [0.05, 0.1) is 5.56 Å². The van der Waals surface area contributed by atoms with Crippen molar-refractivity contribution in [2.75, 3.05) is 5.75 Å². The average molecular weight is 527 g/mol. The summed E-state index contributed by atoms with van der Waals surface area (Å²) >= 11 is 1.24. The zero-order valence-corrected chi connectivity index (χ0v) is 21.5. The Morgan fingerprint density at radius 1 is 0.892 bits per heavy atom. The van der Waals surface area contributed by atoms with Gasteiger partial charge in [-0.25, -0.2) is 4.79 Å². The number of aryl methyl sites for hydroxylation is 1. The summed E-state index contributed by atoms with van der Waals surface area (Å²) in [7, 11) is 0. The van der Waals surface area contributed by atoms with Crippen LogP contribution in [0.2, 0.25) is 0 Å². The molecule has 1 aliphatic rings. The minimum atomic E-state index is -1.06. The molecule has 4 rings (SSSR count). The van der Waals surface area contributed by atoms with Crippen molar-refractivity contribution in [3.05, 3.63) is 64.5 Å². The molecular weight excluding hydrogens is 500 g/mol. The van der Waals surface area contributed by atoms with E-state index >= 15 is 0 Å².